The molecule has 0 bridgehead atoms. The number of hydrogen-bond acceptors (Lipinski definition) is 8. The van der Waals surface area contributed by atoms with E-state index in [4.69, 9.17) is 10.6 Å². The molecule has 2 aromatic rings. The molecular weight excluding hydrogens is 270 g/mol. The van der Waals surface area contributed by atoms with Crippen molar-refractivity contribution in [3.05, 3.63) is 35.7 Å². The van der Waals surface area contributed by atoms with Gasteiger partial charge in [-0.1, -0.05) is 0 Å². The van der Waals surface area contributed by atoms with E-state index < -0.39 is 0 Å². The van der Waals surface area contributed by atoms with E-state index in [0.717, 1.165) is 11.5 Å². The van der Waals surface area contributed by atoms with Crippen LogP contribution in [0, 0.1) is 6.92 Å². The molecule has 0 saturated heterocycles. The van der Waals surface area contributed by atoms with Crippen LogP contribution in [0.2, 0.25) is 0 Å². The van der Waals surface area contributed by atoms with Gasteiger partial charge in [-0.2, -0.15) is 0 Å². The molecule has 112 valence electrons. The standard InChI is InChI=1S/C13H19N7O/c1-3-21-8-13-18-11(6-12(19-13)20-14)16-7-10-4-5-15-9(2)17-10/h4-6H,3,7-8,14H2,1-2H3,(H2,16,18,19,20). The van der Waals surface area contributed by atoms with Crippen LogP contribution in [-0.2, 0) is 17.9 Å². The monoisotopic (exact) mass is 289 g/mol. The van der Waals surface area contributed by atoms with Crippen LogP contribution in [0.3, 0.4) is 0 Å². The van der Waals surface area contributed by atoms with E-state index in [2.05, 4.69) is 30.7 Å². The summed E-state index contributed by atoms with van der Waals surface area (Å²) in [5.41, 5.74) is 3.40. The molecule has 0 aliphatic rings. The van der Waals surface area contributed by atoms with Gasteiger partial charge < -0.3 is 15.5 Å². The van der Waals surface area contributed by atoms with Gasteiger partial charge in [-0.05, 0) is 19.9 Å². The Morgan fingerprint density at radius 2 is 2.05 bits per heavy atom. The Labute approximate surface area is 123 Å². The van der Waals surface area contributed by atoms with Crippen molar-refractivity contribution >= 4 is 11.6 Å². The number of nitrogen functional groups attached to an aromatic ring is 1. The summed E-state index contributed by atoms with van der Waals surface area (Å²) in [6.07, 6.45) is 1.73. The smallest absolute Gasteiger partial charge is 0.158 e. The predicted molar refractivity (Wildman–Crippen MR) is 79.3 cm³/mol. The van der Waals surface area contributed by atoms with Crippen molar-refractivity contribution in [3.63, 3.8) is 0 Å². The number of nitrogens with two attached hydrogens (primary N) is 1. The van der Waals surface area contributed by atoms with Gasteiger partial charge in [0.1, 0.15) is 24.1 Å². The van der Waals surface area contributed by atoms with Crippen LogP contribution >= 0.6 is 0 Å². The number of hydrazine groups is 1. The number of aryl methyl sites for hydroxylation is 1. The fourth-order valence-corrected chi connectivity index (χ4v) is 1.70. The quantitative estimate of drug-likeness (QED) is 0.511. The lowest BCUT2D eigenvalue weighted by molar-refractivity contribution is 0.128. The molecule has 0 radical (unpaired) electrons. The van der Waals surface area contributed by atoms with Crippen molar-refractivity contribution < 1.29 is 4.74 Å². The first-order valence-electron chi connectivity index (χ1n) is 6.66. The molecule has 2 aromatic heterocycles. The summed E-state index contributed by atoms with van der Waals surface area (Å²) >= 11 is 0. The van der Waals surface area contributed by atoms with Crippen molar-refractivity contribution in [2.75, 3.05) is 17.3 Å². The molecule has 2 rings (SSSR count). The van der Waals surface area contributed by atoms with E-state index >= 15 is 0 Å². The molecule has 0 unspecified atom stereocenters. The zero-order valence-electron chi connectivity index (χ0n) is 12.1. The molecule has 0 saturated carbocycles. The van der Waals surface area contributed by atoms with Crippen LogP contribution < -0.4 is 16.6 Å². The molecule has 8 nitrogen and oxygen atoms in total. The Bertz CT molecular complexity index is 590. The van der Waals surface area contributed by atoms with E-state index in [-0.39, 0.29) is 0 Å². The average Bonchev–Trinajstić information content (AvgIpc) is 2.51. The molecule has 8 heteroatoms. The molecule has 0 atom stereocenters. The molecule has 0 aliphatic heterocycles. The highest BCUT2D eigenvalue weighted by atomic mass is 16.5. The molecule has 0 amide bonds. The van der Waals surface area contributed by atoms with Crippen LogP contribution in [0.25, 0.3) is 0 Å². The molecule has 0 aromatic carbocycles. The van der Waals surface area contributed by atoms with Gasteiger partial charge in [0.2, 0.25) is 0 Å². The second-order valence-corrected chi connectivity index (χ2v) is 4.28. The summed E-state index contributed by atoms with van der Waals surface area (Å²) in [5, 5.41) is 3.19. The minimum absolute atomic E-state index is 0.341. The summed E-state index contributed by atoms with van der Waals surface area (Å²) < 4.78 is 5.31. The minimum Gasteiger partial charge on any atom is -0.374 e. The van der Waals surface area contributed by atoms with Gasteiger partial charge in [-0.15, -0.1) is 0 Å². The minimum atomic E-state index is 0.341. The van der Waals surface area contributed by atoms with Gasteiger partial charge in [-0.25, -0.2) is 25.8 Å². The normalized spacial score (nSPS) is 10.4. The predicted octanol–water partition coefficient (Wildman–Crippen LogP) is 1.01. The first-order chi connectivity index (χ1) is 10.2. The fourth-order valence-electron chi connectivity index (χ4n) is 1.70. The Morgan fingerprint density at radius 3 is 2.76 bits per heavy atom. The highest BCUT2D eigenvalue weighted by molar-refractivity contribution is 5.46. The number of anilines is 2. The molecular formula is C13H19N7O. The van der Waals surface area contributed by atoms with E-state index in [0.29, 0.717) is 37.2 Å². The largest absolute Gasteiger partial charge is 0.374 e. The van der Waals surface area contributed by atoms with Crippen LogP contribution in [-0.4, -0.2) is 26.5 Å². The van der Waals surface area contributed by atoms with E-state index in [1.807, 2.05) is 19.9 Å². The Morgan fingerprint density at radius 1 is 1.24 bits per heavy atom. The second kappa shape index (κ2) is 7.46. The molecule has 21 heavy (non-hydrogen) atoms. The van der Waals surface area contributed by atoms with Crippen LogP contribution in [0.5, 0.6) is 0 Å². The SMILES string of the molecule is CCOCc1nc(NN)cc(NCc2ccnc(C)n2)n1. The van der Waals surface area contributed by atoms with Gasteiger partial charge in [0.25, 0.3) is 0 Å². The third-order valence-corrected chi connectivity index (χ3v) is 2.64. The van der Waals surface area contributed by atoms with Gasteiger partial charge in [0.05, 0.1) is 12.2 Å². The van der Waals surface area contributed by atoms with Gasteiger partial charge in [0.15, 0.2) is 5.82 Å². The van der Waals surface area contributed by atoms with E-state index in [1.165, 1.54) is 0 Å². The van der Waals surface area contributed by atoms with Crippen LogP contribution in [0.4, 0.5) is 11.6 Å². The van der Waals surface area contributed by atoms with E-state index in [9.17, 15) is 0 Å². The zero-order valence-corrected chi connectivity index (χ0v) is 12.1. The lowest BCUT2D eigenvalue weighted by Crippen LogP contribution is -2.13. The Kier molecular flexibility index (Phi) is 5.35. The molecule has 4 N–H and O–H groups in total. The van der Waals surface area contributed by atoms with Gasteiger partial charge in [-0.3, -0.25) is 0 Å². The fraction of sp³-hybridized carbons (Fsp3) is 0.385. The third-order valence-electron chi connectivity index (χ3n) is 2.64. The zero-order chi connectivity index (χ0) is 15.1. The molecule has 0 aliphatic carbocycles. The maximum atomic E-state index is 5.41. The van der Waals surface area contributed by atoms with Crippen molar-refractivity contribution in [3.8, 4) is 0 Å². The first-order valence-corrected chi connectivity index (χ1v) is 6.66. The summed E-state index contributed by atoms with van der Waals surface area (Å²) in [6, 6.07) is 3.58. The number of aromatic nitrogens is 4. The number of ether oxygens (including phenoxy) is 1. The number of nitrogens with one attached hydrogen (secondary N) is 2. The average molecular weight is 289 g/mol. The second-order valence-electron chi connectivity index (χ2n) is 4.28. The van der Waals surface area contributed by atoms with Crippen molar-refractivity contribution in [1.29, 1.82) is 0 Å². The maximum Gasteiger partial charge on any atom is 0.158 e. The summed E-state index contributed by atoms with van der Waals surface area (Å²) in [5.74, 6) is 7.90. The molecule has 0 fully saturated rings. The Hall–Kier alpha value is -2.32. The Balaban J connectivity index is 2.07. The highest BCUT2D eigenvalue weighted by Crippen LogP contribution is 2.12. The number of hydrogen-bond donors (Lipinski definition) is 3. The van der Waals surface area contributed by atoms with Crippen LogP contribution in [0.1, 0.15) is 24.3 Å². The number of nitrogens with zero attached hydrogens (tertiary/aromatic N) is 4. The van der Waals surface area contributed by atoms with Crippen molar-refractivity contribution in [2.24, 2.45) is 5.84 Å². The lowest BCUT2D eigenvalue weighted by atomic mass is 10.4. The summed E-state index contributed by atoms with van der Waals surface area (Å²) in [7, 11) is 0. The molecule has 0 spiro atoms. The van der Waals surface area contributed by atoms with Crippen molar-refractivity contribution in [1.82, 2.24) is 19.9 Å². The molecule has 2 heterocycles. The highest BCUT2D eigenvalue weighted by Gasteiger charge is 2.05. The first kappa shape index (κ1) is 15.1. The lowest BCUT2D eigenvalue weighted by Gasteiger charge is -2.09. The van der Waals surface area contributed by atoms with E-state index in [1.54, 1.807) is 12.3 Å². The van der Waals surface area contributed by atoms with Crippen LogP contribution in [0.15, 0.2) is 18.3 Å². The maximum absolute atomic E-state index is 5.41. The van der Waals surface area contributed by atoms with Gasteiger partial charge >= 0.3 is 0 Å². The van der Waals surface area contributed by atoms with Gasteiger partial charge in [0, 0.05) is 18.9 Å². The van der Waals surface area contributed by atoms with Crippen molar-refractivity contribution in [2.45, 2.75) is 27.0 Å². The topological polar surface area (TPSA) is 111 Å². The summed E-state index contributed by atoms with van der Waals surface area (Å²) in [6.45, 7) is 5.25. The third kappa shape index (κ3) is 4.62. The number of rotatable bonds is 7. The summed E-state index contributed by atoms with van der Waals surface area (Å²) in [4.78, 5) is 17.0.